The summed E-state index contributed by atoms with van der Waals surface area (Å²) in [5, 5.41) is 2.90. The molecule has 1 aromatic rings. The summed E-state index contributed by atoms with van der Waals surface area (Å²) < 4.78 is 10.9. The standard InChI is InChI=1S/C15H21N3O3/c1-2-21-13-12(4-3-7-16-13)17-14(19)18-8-5-15(10-18)6-9-20-11-15/h3-4,7H,2,5-6,8-11H2,1H3,(H,17,19)/t15-/m1/s1. The van der Waals surface area contributed by atoms with Gasteiger partial charge >= 0.3 is 6.03 Å². The quantitative estimate of drug-likeness (QED) is 0.926. The molecular weight excluding hydrogens is 270 g/mol. The first-order chi connectivity index (χ1) is 10.2. The van der Waals surface area contributed by atoms with E-state index in [9.17, 15) is 4.79 Å². The summed E-state index contributed by atoms with van der Waals surface area (Å²) in [4.78, 5) is 18.4. The lowest BCUT2D eigenvalue weighted by Gasteiger charge is -2.22. The van der Waals surface area contributed by atoms with Gasteiger partial charge in [-0.25, -0.2) is 9.78 Å². The minimum atomic E-state index is -0.0901. The second-order valence-electron chi connectivity index (χ2n) is 5.69. The molecule has 3 heterocycles. The lowest BCUT2D eigenvalue weighted by atomic mass is 9.87. The fraction of sp³-hybridized carbons (Fsp3) is 0.600. The molecule has 6 heteroatoms. The third kappa shape index (κ3) is 2.95. The van der Waals surface area contributed by atoms with Gasteiger partial charge in [-0.2, -0.15) is 0 Å². The van der Waals surface area contributed by atoms with Crippen LogP contribution in [-0.2, 0) is 4.74 Å². The van der Waals surface area contributed by atoms with Crippen molar-refractivity contribution < 1.29 is 14.3 Å². The normalized spacial score (nSPS) is 24.5. The fourth-order valence-electron chi connectivity index (χ4n) is 3.01. The van der Waals surface area contributed by atoms with Crippen molar-refractivity contribution in [3.05, 3.63) is 18.3 Å². The van der Waals surface area contributed by atoms with Crippen LogP contribution in [-0.4, -0.2) is 48.8 Å². The van der Waals surface area contributed by atoms with E-state index in [0.717, 1.165) is 39.1 Å². The number of anilines is 1. The highest BCUT2D eigenvalue weighted by molar-refractivity contribution is 5.90. The largest absolute Gasteiger partial charge is 0.476 e. The summed E-state index contributed by atoms with van der Waals surface area (Å²) in [6, 6.07) is 3.50. The van der Waals surface area contributed by atoms with Gasteiger partial charge in [-0.3, -0.25) is 0 Å². The van der Waals surface area contributed by atoms with Gasteiger partial charge in [-0.15, -0.1) is 0 Å². The van der Waals surface area contributed by atoms with Crippen LogP contribution in [0, 0.1) is 5.41 Å². The SMILES string of the molecule is CCOc1ncccc1NC(=O)N1CC[C@@]2(CCOC2)C1. The maximum atomic E-state index is 12.4. The summed E-state index contributed by atoms with van der Waals surface area (Å²) in [7, 11) is 0. The predicted molar refractivity (Wildman–Crippen MR) is 78.5 cm³/mol. The molecule has 0 saturated carbocycles. The van der Waals surface area contributed by atoms with Gasteiger partial charge in [0.1, 0.15) is 5.69 Å². The van der Waals surface area contributed by atoms with Gasteiger partial charge in [0.2, 0.25) is 5.88 Å². The second-order valence-corrected chi connectivity index (χ2v) is 5.69. The number of nitrogens with one attached hydrogen (secondary N) is 1. The van der Waals surface area contributed by atoms with E-state index in [1.807, 2.05) is 11.8 Å². The van der Waals surface area contributed by atoms with Gasteiger partial charge in [-0.05, 0) is 31.9 Å². The molecule has 2 amide bonds. The Morgan fingerprint density at radius 3 is 3.24 bits per heavy atom. The third-order valence-electron chi connectivity index (χ3n) is 4.20. The molecule has 0 radical (unpaired) electrons. The van der Waals surface area contributed by atoms with E-state index in [-0.39, 0.29) is 11.4 Å². The van der Waals surface area contributed by atoms with Crippen LogP contribution < -0.4 is 10.1 Å². The number of hydrogen-bond donors (Lipinski definition) is 1. The molecule has 1 aromatic heterocycles. The Morgan fingerprint density at radius 2 is 2.48 bits per heavy atom. The zero-order valence-corrected chi connectivity index (χ0v) is 12.3. The minimum Gasteiger partial charge on any atom is -0.476 e. The van der Waals surface area contributed by atoms with E-state index in [1.54, 1.807) is 18.3 Å². The third-order valence-corrected chi connectivity index (χ3v) is 4.20. The Kier molecular flexibility index (Phi) is 3.96. The molecular formula is C15H21N3O3. The van der Waals surface area contributed by atoms with Crippen molar-refractivity contribution in [1.82, 2.24) is 9.88 Å². The van der Waals surface area contributed by atoms with Crippen LogP contribution in [0.2, 0.25) is 0 Å². The Hall–Kier alpha value is -1.82. The smallest absolute Gasteiger partial charge is 0.322 e. The number of aromatic nitrogens is 1. The lowest BCUT2D eigenvalue weighted by Crippen LogP contribution is -2.35. The number of rotatable bonds is 3. The van der Waals surface area contributed by atoms with Crippen LogP contribution in [0.3, 0.4) is 0 Å². The number of amides is 2. The summed E-state index contributed by atoms with van der Waals surface area (Å²) in [6.45, 7) is 5.54. The molecule has 0 aliphatic carbocycles. The van der Waals surface area contributed by atoms with E-state index < -0.39 is 0 Å². The summed E-state index contributed by atoms with van der Waals surface area (Å²) in [5.41, 5.74) is 0.794. The molecule has 0 aromatic carbocycles. The number of nitrogens with zero attached hydrogens (tertiary/aromatic N) is 2. The highest BCUT2D eigenvalue weighted by atomic mass is 16.5. The van der Waals surface area contributed by atoms with Gasteiger partial charge in [0.25, 0.3) is 0 Å². The Morgan fingerprint density at radius 1 is 1.57 bits per heavy atom. The van der Waals surface area contributed by atoms with Crippen molar-refractivity contribution in [1.29, 1.82) is 0 Å². The number of urea groups is 1. The van der Waals surface area contributed by atoms with Gasteiger partial charge in [0.15, 0.2) is 0 Å². The summed E-state index contributed by atoms with van der Waals surface area (Å²) in [6.07, 6.45) is 3.72. The monoisotopic (exact) mass is 291 g/mol. The molecule has 3 rings (SSSR count). The van der Waals surface area contributed by atoms with E-state index in [0.29, 0.717) is 18.2 Å². The highest BCUT2D eigenvalue weighted by Crippen LogP contribution is 2.38. The van der Waals surface area contributed by atoms with Crippen molar-refractivity contribution in [2.24, 2.45) is 5.41 Å². The first-order valence-electron chi connectivity index (χ1n) is 7.44. The van der Waals surface area contributed by atoms with Gasteiger partial charge < -0.3 is 19.7 Å². The highest BCUT2D eigenvalue weighted by Gasteiger charge is 2.42. The number of carbonyl (C=O) groups is 1. The average molecular weight is 291 g/mol. The van der Waals surface area contributed by atoms with Crippen LogP contribution >= 0.6 is 0 Å². The van der Waals surface area contributed by atoms with E-state index in [2.05, 4.69) is 10.3 Å². The first kappa shape index (κ1) is 14.1. The molecule has 1 spiro atoms. The molecule has 1 N–H and O–H groups in total. The van der Waals surface area contributed by atoms with Crippen molar-refractivity contribution in [2.75, 3.05) is 38.2 Å². The van der Waals surface area contributed by atoms with E-state index in [4.69, 9.17) is 9.47 Å². The molecule has 2 saturated heterocycles. The molecule has 1 atom stereocenters. The Bertz CT molecular complexity index is 515. The Labute approximate surface area is 124 Å². The summed E-state index contributed by atoms with van der Waals surface area (Å²) in [5.74, 6) is 0.464. The molecule has 6 nitrogen and oxygen atoms in total. The van der Waals surface area contributed by atoms with Crippen molar-refractivity contribution in [2.45, 2.75) is 19.8 Å². The van der Waals surface area contributed by atoms with Crippen LogP contribution in [0.15, 0.2) is 18.3 Å². The summed E-state index contributed by atoms with van der Waals surface area (Å²) >= 11 is 0. The average Bonchev–Trinajstić information content (AvgIpc) is 3.12. The molecule has 21 heavy (non-hydrogen) atoms. The lowest BCUT2D eigenvalue weighted by molar-refractivity contribution is 0.154. The molecule has 2 aliphatic heterocycles. The molecule has 0 bridgehead atoms. The van der Waals surface area contributed by atoms with Crippen molar-refractivity contribution in [3.8, 4) is 5.88 Å². The first-order valence-corrected chi connectivity index (χ1v) is 7.44. The van der Waals surface area contributed by atoms with Crippen LogP contribution in [0.5, 0.6) is 5.88 Å². The maximum Gasteiger partial charge on any atom is 0.322 e. The van der Waals surface area contributed by atoms with Crippen molar-refractivity contribution in [3.63, 3.8) is 0 Å². The van der Waals surface area contributed by atoms with Gasteiger partial charge in [0.05, 0.1) is 13.2 Å². The van der Waals surface area contributed by atoms with Gasteiger partial charge in [-0.1, -0.05) is 0 Å². The van der Waals surface area contributed by atoms with Crippen LogP contribution in [0.4, 0.5) is 10.5 Å². The Balaban J connectivity index is 1.64. The number of pyridine rings is 1. The molecule has 2 fully saturated rings. The number of likely N-dealkylation sites (tertiary alicyclic amines) is 1. The second kappa shape index (κ2) is 5.89. The fourth-order valence-corrected chi connectivity index (χ4v) is 3.01. The maximum absolute atomic E-state index is 12.4. The number of ether oxygens (including phenoxy) is 2. The van der Waals surface area contributed by atoms with Crippen LogP contribution in [0.1, 0.15) is 19.8 Å². The minimum absolute atomic E-state index is 0.0901. The van der Waals surface area contributed by atoms with E-state index >= 15 is 0 Å². The zero-order chi connectivity index (χ0) is 14.7. The van der Waals surface area contributed by atoms with Crippen molar-refractivity contribution >= 4 is 11.7 Å². The zero-order valence-electron chi connectivity index (χ0n) is 12.3. The molecule has 114 valence electrons. The number of hydrogen-bond acceptors (Lipinski definition) is 4. The topological polar surface area (TPSA) is 63.7 Å². The predicted octanol–water partition coefficient (Wildman–Crippen LogP) is 2.12. The molecule has 0 unspecified atom stereocenters. The number of carbonyl (C=O) groups excluding carboxylic acids is 1. The molecule has 2 aliphatic rings. The van der Waals surface area contributed by atoms with Gasteiger partial charge in [0, 0.05) is 31.3 Å². The van der Waals surface area contributed by atoms with E-state index in [1.165, 1.54) is 0 Å². The van der Waals surface area contributed by atoms with Crippen LogP contribution in [0.25, 0.3) is 0 Å².